The van der Waals surface area contributed by atoms with Gasteiger partial charge in [-0.25, -0.2) is 0 Å². The highest BCUT2D eigenvalue weighted by molar-refractivity contribution is 7.99. The van der Waals surface area contributed by atoms with E-state index in [0.717, 1.165) is 5.25 Å². The normalized spacial score (nSPS) is 13.4. The van der Waals surface area contributed by atoms with Gasteiger partial charge >= 0.3 is 0 Å². The van der Waals surface area contributed by atoms with Crippen LogP contribution in [0.5, 0.6) is 0 Å². The first-order chi connectivity index (χ1) is 5.31. The summed E-state index contributed by atoms with van der Waals surface area (Å²) in [5.74, 6) is 1.37. The molecule has 0 heterocycles. The monoisotopic (exact) mass is 174 g/mol. The Morgan fingerprint density at radius 2 is 1.82 bits per heavy atom. The summed E-state index contributed by atoms with van der Waals surface area (Å²) >= 11 is 2.13. The molecule has 1 atom stereocenters. The molecule has 0 aliphatic heterocycles. The SMILES string of the molecule is CCCCCCSC(C)CC. The van der Waals surface area contributed by atoms with Gasteiger partial charge in [-0.15, -0.1) is 0 Å². The molecule has 1 heteroatoms. The van der Waals surface area contributed by atoms with Crippen LogP contribution < -0.4 is 0 Å². The van der Waals surface area contributed by atoms with Crippen molar-refractivity contribution in [3.05, 3.63) is 0 Å². The van der Waals surface area contributed by atoms with Gasteiger partial charge in [0.15, 0.2) is 0 Å². The van der Waals surface area contributed by atoms with Crippen molar-refractivity contribution in [3.8, 4) is 0 Å². The third kappa shape index (κ3) is 8.25. The van der Waals surface area contributed by atoms with Gasteiger partial charge in [0.2, 0.25) is 0 Å². The van der Waals surface area contributed by atoms with Gasteiger partial charge in [-0.05, 0) is 18.6 Å². The third-order valence-corrected chi connectivity index (χ3v) is 3.40. The number of thioether (sulfide) groups is 1. The highest BCUT2D eigenvalue weighted by Crippen LogP contribution is 2.15. The second kappa shape index (κ2) is 8.45. The minimum Gasteiger partial charge on any atom is -0.159 e. The third-order valence-electron chi connectivity index (χ3n) is 1.98. The molecular weight excluding hydrogens is 152 g/mol. The molecule has 0 aromatic carbocycles. The average Bonchev–Trinajstić information content (AvgIpc) is 2.04. The molecule has 0 nitrogen and oxygen atoms in total. The van der Waals surface area contributed by atoms with Crippen LogP contribution in [0.25, 0.3) is 0 Å². The fourth-order valence-electron chi connectivity index (χ4n) is 0.931. The molecule has 68 valence electrons. The summed E-state index contributed by atoms with van der Waals surface area (Å²) in [6.45, 7) is 6.86. The number of unbranched alkanes of at least 4 members (excludes halogenated alkanes) is 3. The largest absolute Gasteiger partial charge is 0.159 e. The molecule has 11 heavy (non-hydrogen) atoms. The Morgan fingerprint density at radius 3 is 2.36 bits per heavy atom. The fourth-order valence-corrected chi connectivity index (χ4v) is 1.94. The van der Waals surface area contributed by atoms with E-state index < -0.39 is 0 Å². The van der Waals surface area contributed by atoms with Crippen LogP contribution in [0.2, 0.25) is 0 Å². The fraction of sp³-hybridized carbons (Fsp3) is 1.00. The highest BCUT2D eigenvalue weighted by atomic mass is 32.2. The standard InChI is InChI=1S/C10H22S/c1-4-6-7-8-9-11-10(3)5-2/h10H,4-9H2,1-3H3. The van der Waals surface area contributed by atoms with Crippen molar-refractivity contribution in [2.24, 2.45) is 0 Å². The molecule has 0 rings (SSSR count). The van der Waals surface area contributed by atoms with Gasteiger partial charge in [0.25, 0.3) is 0 Å². The van der Waals surface area contributed by atoms with Crippen molar-refractivity contribution in [1.29, 1.82) is 0 Å². The van der Waals surface area contributed by atoms with E-state index in [2.05, 4.69) is 32.5 Å². The lowest BCUT2D eigenvalue weighted by Gasteiger charge is -2.06. The molecule has 0 bridgehead atoms. The van der Waals surface area contributed by atoms with Crippen molar-refractivity contribution in [2.45, 2.75) is 58.1 Å². The first-order valence-corrected chi connectivity index (χ1v) is 5.97. The van der Waals surface area contributed by atoms with Crippen LogP contribution >= 0.6 is 11.8 Å². The van der Waals surface area contributed by atoms with Crippen molar-refractivity contribution in [2.75, 3.05) is 5.75 Å². The quantitative estimate of drug-likeness (QED) is 0.524. The topological polar surface area (TPSA) is 0 Å². The Hall–Kier alpha value is 0.350. The van der Waals surface area contributed by atoms with Crippen molar-refractivity contribution >= 4 is 11.8 Å². The molecule has 0 spiro atoms. The zero-order valence-electron chi connectivity index (χ0n) is 8.23. The van der Waals surface area contributed by atoms with Crippen LogP contribution in [0.3, 0.4) is 0 Å². The molecule has 0 aromatic heterocycles. The van der Waals surface area contributed by atoms with Gasteiger partial charge in [-0.2, -0.15) is 11.8 Å². The van der Waals surface area contributed by atoms with Crippen molar-refractivity contribution in [1.82, 2.24) is 0 Å². The van der Waals surface area contributed by atoms with E-state index in [1.54, 1.807) is 0 Å². The van der Waals surface area contributed by atoms with Gasteiger partial charge in [-0.3, -0.25) is 0 Å². The van der Waals surface area contributed by atoms with Gasteiger partial charge in [0, 0.05) is 5.25 Å². The predicted molar refractivity (Wildman–Crippen MR) is 56.4 cm³/mol. The summed E-state index contributed by atoms with van der Waals surface area (Å²) < 4.78 is 0. The Kier molecular flexibility index (Phi) is 8.72. The van der Waals surface area contributed by atoms with E-state index >= 15 is 0 Å². The van der Waals surface area contributed by atoms with Gasteiger partial charge in [0.1, 0.15) is 0 Å². The summed E-state index contributed by atoms with van der Waals surface area (Å²) in [7, 11) is 0. The van der Waals surface area contributed by atoms with E-state index in [4.69, 9.17) is 0 Å². The Morgan fingerprint density at radius 1 is 1.09 bits per heavy atom. The molecule has 1 unspecified atom stereocenters. The molecule has 0 amide bonds. The molecule has 0 N–H and O–H groups in total. The zero-order valence-corrected chi connectivity index (χ0v) is 9.04. The molecule has 0 radical (unpaired) electrons. The molecule has 0 aliphatic carbocycles. The maximum Gasteiger partial charge on any atom is 0.00160 e. The lowest BCUT2D eigenvalue weighted by molar-refractivity contribution is 0.705. The average molecular weight is 174 g/mol. The van der Waals surface area contributed by atoms with Gasteiger partial charge < -0.3 is 0 Å². The highest BCUT2D eigenvalue weighted by Gasteiger charge is 1.97. The Bertz CT molecular complexity index is 71.3. The summed E-state index contributed by atoms with van der Waals surface area (Å²) in [5, 5.41) is 0.872. The lowest BCUT2D eigenvalue weighted by Crippen LogP contribution is -1.94. The van der Waals surface area contributed by atoms with Gasteiger partial charge in [-0.1, -0.05) is 40.0 Å². The zero-order chi connectivity index (χ0) is 8.53. The summed E-state index contributed by atoms with van der Waals surface area (Å²) in [5.41, 5.74) is 0. The lowest BCUT2D eigenvalue weighted by atomic mass is 10.2. The van der Waals surface area contributed by atoms with Crippen LogP contribution in [-0.2, 0) is 0 Å². The molecule has 0 aromatic rings. The first kappa shape index (κ1) is 11.4. The molecular formula is C10H22S. The molecule has 0 fully saturated rings. The summed E-state index contributed by atoms with van der Waals surface area (Å²) in [6.07, 6.45) is 6.94. The Labute approximate surface area is 76.1 Å². The number of hydrogen-bond acceptors (Lipinski definition) is 1. The second-order valence-corrected chi connectivity index (χ2v) is 4.70. The molecule has 0 saturated heterocycles. The summed E-state index contributed by atoms with van der Waals surface area (Å²) in [6, 6.07) is 0. The van der Waals surface area contributed by atoms with E-state index in [-0.39, 0.29) is 0 Å². The van der Waals surface area contributed by atoms with Crippen LogP contribution in [0.1, 0.15) is 52.9 Å². The van der Waals surface area contributed by atoms with Crippen molar-refractivity contribution in [3.63, 3.8) is 0 Å². The number of rotatable bonds is 7. The van der Waals surface area contributed by atoms with Crippen LogP contribution in [0.4, 0.5) is 0 Å². The van der Waals surface area contributed by atoms with Crippen LogP contribution in [-0.4, -0.2) is 11.0 Å². The van der Waals surface area contributed by atoms with E-state index in [0.29, 0.717) is 0 Å². The van der Waals surface area contributed by atoms with E-state index in [9.17, 15) is 0 Å². The number of hydrogen-bond donors (Lipinski definition) is 0. The maximum atomic E-state index is 2.32. The summed E-state index contributed by atoms with van der Waals surface area (Å²) in [4.78, 5) is 0. The maximum absolute atomic E-state index is 2.32. The Balaban J connectivity index is 2.89. The molecule has 0 saturated carbocycles. The van der Waals surface area contributed by atoms with Gasteiger partial charge in [0.05, 0.1) is 0 Å². The van der Waals surface area contributed by atoms with E-state index in [1.165, 1.54) is 37.9 Å². The minimum absolute atomic E-state index is 0.872. The minimum atomic E-state index is 0.872. The first-order valence-electron chi connectivity index (χ1n) is 4.92. The van der Waals surface area contributed by atoms with Crippen molar-refractivity contribution < 1.29 is 0 Å². The van der Waals surface area contributed by atoms with Crippen LogP contribution in [0.15, 0.2) is 0 Å². The smallest absolute Gasteiger partial charge is 0.00160 e. The van der Waals surface area contributed by atoms with Crippen LogP contribution in [0, 0.1) is 0 Å². The predicted octanol–water partition coefficient (Wildman–Crippen LogP) is 4.10. The van der Waals surface area contributed by atoms with E-state index in [1.807, 2.05) is 0 Å². The molecule has 0 aliphatic rings. The second-order valence-electron chi connectivity index (χ2n) is 3.15.